The summed E-state index contributed by atoms with van der Waals surface area (Å²) in [5, 5.41) is 12.3. The Morgan fingerprint density at radius 3 is 2.83 bits per heavy atom. The van der Waals surface area contributed by atoms with Gasteiger partial charge >= 0.3 is 5.97 Å². The molecule has 1 aromatic carbocycles. The molecule has 2 unspecified atom stereocenters. The standard InChI is InChI=1S/C19H23NO3/c21-17(20-16-9-3-7-13(16)18(22)23)15-11-19(15)10-4-6-12-5-1-2-8-14(12)19/h1-2,5,8,13,15-16H,3-4,6-7,9-11H2,(H,20,21)(H,22,23)/t13-,15?,16+,19?/m1/s1. The number of fused-ring (bicyclic) bond motifs is 2. The van der Waals surface area contributed by atoms with Gasteiger partial charge in [0.25, 0.3) is 0 Å². The first-order valence-electron chi connectivity index (χ1n) is 8.73. The first kappa shape index (κ1) is 14.7. The molecule has 0 aliphatic heterocycles. The minimum Gasteiger partial charge on any atom is -0.481 e. The third-order valence-corrected chi connectivity index (χ3v) is 6.18. The molecule has 3 aliphatic rings. The van der Waals surface area contributed by atoms with Crippen LogP contribution in [0.2, 0.25) is 0 Å². The lowest BCUT2D eigenvalue weighted by atomic mass is 9.78. The number of carboxylic acid groups (broad SMARTS) is 1. The predicted molar refractivity (Wildman–Crippen MR) is 86.1 cm³/mol. The second-order valence-corrected chi connectivity index (χ2v) is 7.41. The molecule has 2 saturated carbocycles. The van der Waals surface area contributed by atoms with Gasteiger partial charge in [-0.05, 0) is 49.7 Å². The van der Waals surface area contributed by atoms with Gasteiger partial charge in [-0.15, -0.1) is 0 Å². The molecule has 122 valence electrons. The van der Waals surface area contributed by atoms with Crippen LogP contribution in [0.1, 0.15) is 49.7 Å². The summed E-state index contributed by atoms with van der Waals surface area (Å²) in [7, 11) is 0. The number of aliphatic carboxylic acids is 1. The number of rotatable bonds is 3. The molecule has 1 spiro atoms. The average molecular weight is 313 g/mol. The van der Waals surface area contributed by atoms with E-state index in [1.54, 1.807) is 0 Å². The van der Waals surface area contributed by atoms with Gasteiger partial charge < -0.3 is 10.4 Å². The van der Waals surface area contributed by atoms with E-state index in [9.17, 15) is 14.7 Å². The van der Waals surface area contributed by atoms with Crippen LogP contribution in [0, 0.1) is 11.8 Å². The van der Waals surface area contributed by atoms with E-state index in [0.717, 1.165) is 38.5 Å². The Morgan fingerprint density at radius 1 is 1.17 bits per heavy atom. The molecule has 1 aromatic rings. The number of carboxylic acids is 1. The Balaban J connectivity index is 1.49. The van der Waals surface area contributed by atoms with E-state index in [1.807, 2.05) is 0 Å². The fraction of sp³-hybridized carbons (Fsp3) is 0.579. The third kappa shape index (κ3) is 2.35. The Bertz CT molecular complexity index is 656. The number of hydrogen-bond donors (Lipinski definition) is 2. The monoisotopic (exact) mass is 313 g/mol. The van der Waals surface area contributed by atoms with Crippen LogP contribution in [0.15, 0.2) is 24.3 Å². The van der Waals surface area contributed by atoms with Crippen LogP contribution in [0.4, 0.5) is 0 Å². The number of carbonyl (C=O) groups excluding carboxylic acids is 1. The topological polar surface area (TPSA) is 66.4 Å². The molecule has 1 amide bonds. The molecule has 0 heterocycles. The smallest absolute Gasteiger partial charge is 0.308 e. The number of hydrogen-bond acceptors (Lipinski definition) is 2. The van der Waals surface area contributed by atoms with Crippen molar-refractivity contribution in [2.75, 3.05) is 0 Å². The van der Waals surface area contributed by atoms with E-state index in [0.29, 0.717) is 6.42 Å². The zero-order valence-corrected chi connectivity index (χ0v) is 13.3. The summed E-state index contributed by atoms with van der Waals surface area (Å²) in [5.74, 6) is -1.09. The molecule has 23 heavy (non-hydrogen) atoms. The molecule has 0 aromatic heterocycles. The minimum absolute atomic E-state index is 0.0241. The number of nitrogens with one attached hydrogen (secondary N) is 1. The Hall–Kier alpha value is -1.84. The summed E-state index contributed by atoms with van der Waals surface area (Å²) >= 11 is 0. The molecule has 0 bridgehead atoms. The highest BCUT2D eigenvalue weighted by Gasteiger charge is 2.60. The van der Waals surface area contributed by atoms with Crippen molar-refractivity contribution < 1.29 is 14.7 Å². The molecule has 0 radical (unpaired) electrons. The molecule has 2 fully saturated rings. The van der Waals surface area contributed by atoms with Crippen molar-refractivity contribution in [3.05, 3.63) is 35.4 Å². The quantitative estimate of drug-likeness (QED) is 0.901. The number of amides is 1. The van der Waals surface area contributed by atoms with Crippen LogP contribution in [0.3, 0.4) is 0 Å². The molecule has 4 atom stereocenters. The lowest BCUT2D eigenvalue weighted by Crippen LogP contribution is -2.42. The van der Waals surface area contributed by atoms with Crippen molar-refractivity contribution in [3.63, 3.8) is 0 Å². The number of carbonyl (C=O) groups is 2. The number of aryl methyl sites for hydroxylation is 1. The van der Waals surface area contributed by atoms with E-state index in [1.165, 1.54) is 11.1 Å². The van der Waals surface area contributed by atoms with E-state index in [2.05, 4.69) is 29.6 Å². The predicted octanol–water partition coefficient (Wildman–Crippen LogP) is 2.65. The van der Waals surface area contributed by atoms with Gasteiger partial charge in [-0.2, -0.15) is 0 Å². The van der Waals surface area contributed by atoms with Crippen LogP contribution in [-0.2, 0) is 21.4 Å². The summed E-state index contributed by atoms with van der Waals surface area (Å²) in [6.45, 7) is 0. The maximum atomic E-state index is 12.7. The first-order valence-corrected chi connectivity index (χ1v) is 8.73. The Labute approximate surface area is 136 Å². The Morgan fingerprint density at radius 2 is 2.00 bits per heavy atom. The summed E-state index contributed by atoms with van der Waals surface area (Å²) < 4.78 is 0. The van der Waals surface area contributed by atoms with Crippen LogP contribution in [-0.4, -0.2) is 23.0 Å². The van der Waals surface area contributed by atoms with Gasteiger partial charge in [0.15, 0.2) is 0 Å². The van der Waals surface area contributed by atoms with E-state index in [4.69, 9.17) is 0 Å². The summed E-state index contributed by atoms with van der Waals surface area (Å²) in [5.41, 5.74) is 2.77. The highest BCUT2D eigenvalue weighted by atomic mass is 16.4. The molecular weight excluding hydrogens is 290 g/mol. The second kappa shape index (κ2) is 5.36. The zero-order chi connectivity index (χ0) is 16.0. The molecule has 4 heteroatoms. The van der Waals surface area contributed by atoms with Crippen molar-refractivity contribution in [1.82, 2.24) is 5.32 Å². The molecule has 0 saturated heterocycles. The van der Waals surface area contributed by atoms with Crippen molar-refractivity contribution in [2.45, 2.75) is 56.4 Å². The molecule has 4 nitrogen and oxygen atoms in total. The van der Waals surface area contributed by atoms with Gasteiger partial charge in [-0.3, -0.25) is 9.59 Å². The zero-order valence-electron chi connectivity index (χ0n) is 13.3. The maximum absolute atomic E-state index is 12.7. The van der Waals surface area contributed by atoms with Gasteiger partial charge in [-0.1, -0.05) is 30.7 Å². The second-order valence-electron chi connectivity index (χ2n) is 7.41. The number of benzene rings is 1. The molecule has 2 N–H and O–H groups in total. The fourth-order valence-corrected chi connectivity index (χ4v) is 4.89. The van der Waals surface area contributed by atoms with E-state index < -0.39 is 11.9 Å². The van der Waals surface area contributed by atoms with Crippen LogP contribution < -0.4 is 5.32 Å². The summed E-state index contributed by atoms with van der Waals surface area (Å²) in [6.07, 6.45) is 6.60. The highest BCUT2D eigenvalue weighted by Crippen LogP contribution is 2.60. The van der Waals surface area contributed by atoms with Gasteiger partial charge in [0.2, 0.25) is 5.91 Å². The lowest BCUT2D eigenvalue weighted by molar-refractivity contribution is -0.142. The van der Waals surface area contributed by atoms with E-state index in [-0.39, 0.29) is 23.3 Å². The van der Waals surface area contributed by atoms with Crippen LogP contribution in [0.5, 0.6) is 0 Å². The van der Waals surface area contributed by atoms with Gasteiger partial charge in [-0.25, -0.2) is 0 Å². The van der Waals surface area contributed by atoms with Gasteiger partial charge in [0, 0.05) is 17.4 Å². The minimum atomic E-state index is -0.777. The van der Waals surface area contributed by atoms with Crippen molar-refractivity contribution >= 4 is 11.9 Å². The maximum Gasteiger partial charge on any atom is 0.308 e. The first-order chi connectivity index (χ1) is 11.1. The molecule has 4 rings (SSSR count). The third-order valence-electron chi connectivity index (χ3n) is 6.18. The Kier molecular flexibility index (Phi) is 3.43. The van der Waals surface area contributed by atoms with E-state index >= 15 is 0 Å². The average Bonchev–Trinajstić information content (AvgIpc) is 3.06. The normalized spacial score (nSPS) is 34.9. The summed E-state index contributed by atoms with van der Waals surface area (Å²) in [6, 6.07) is 8.32. The van der Waals surface area contributed by atoms with Crippen LogP contribution in [0.25, 0.3) is 0 Å². The van der Waals surface area contributed by atoms with Crippen molar-refractivity contribution in [2.24, 2.45) is 11.8 Å². The largest absolute Gasteiger partial charge is 0.481 e. The van der Waals surface area contributed by atoms with Gasteiger partial charge in [0.1, 0.15) is 0 Å². The van der Waals surface area contributed by atoms with Crippen molar-refractivity contribution in [1.29, 1.82) is 0 Å². The molecule has 3 aliphatic carbocycles. The SMILES string of the molecule is O=C(N[C@H]1CCC[C@H]1C(=O)O)C1CC12CCCc1ccccc12. The summed E-state index contributed by atoms with van der Waals surface area (Å²) in [4.78, 5) is 24.0. The fourth-order valence-electron chi connectivity index (χ4n) is 4.89. The lowest BCUT2D eigenvalue weighted by Gasteiger charge is -2.27. The van der Waals surface area contributed by atoms with Crippen LogP contribution >= 0.6 is 0 Å². The van der Waals surface area contributed by atoms with Gasteiger partial charge in [0.05, 0.1) is 5.92 Å². The van der Waals surface area contributed by atoms with Crippen molar-refractivity contribution in [3.8, 4) is 0 Å². The highest BCUT2D eigenvalue weighted by molar-refractivity contribution is 5.85. The molecular formula is C19H23NO3.